The minimum Gasteiger partial charge on any atom is -0.497 e. The van der Waals surface area contributed by atoms with Crippen molar-refractivity contribution < 1.29 is 59.4 Å². The summed E-state index contributed by atoms with van der Waals surface area (Å²) in [6.45, 7) is 7.66. The number of aliphatic imine (C=N–C) groups is 1. The van der Waals surface area contributed by atoms with Gasteiger partial charge in [0.05, 0.1) is 35.3 Å². The van der Waals surface area contributed by atoms with E-state index >= 15 is 8.78 Å². The van der Waals surface area contributed by atoms with Gasteiger partial charge in [-0.2, -0.15) is 8.78 Å². The number of carbonyl (C=O) groups is 4. The van der Waals surface area contributed by atoms with Gasteiger partial charge in [0.25, 0.3) is 5.91 Å². The van der Waals surface area contributed by atoms with E-state index < -0.39 is 123 Å². The van der Waals surface area contributed by atoms with Crippen LogP contribution in [0.1, 0.15) is 79.6 Å². The molecule has 4 fully saturated rings. The molecule has 0 aromatic heterocycles. The van der Waals surface area contributed by atoms with E-state index in [1.54, 1.807) is 39.8 Å². The van der Waals surface area contributed by atoms with Crippen molar-refractivity contribution in [3.8, 4) is 5.75 Å². The van der Waals surface area contributed by atoms with E-state index in [0.717, 1.165) is 11.0 Å². The molecule has 15 nitrogen and oxygen atoms in total. The number of hydrogen-bond acceptors (Lipinski definition) is 11. The molecule has 3 aliphatic carbocycles. The predicted octanol–water partition coefficient (Wildman–Crippen LogP) is 4.79. The summed E-state index contributed by atoms with van der Waals surface area (Å²) in [6.07, 6.45) is -4.19. The molecule has 1 saturated heterocycles. The Bertz CT molecular complexity index is 2090. The van der Waals surface area contributed by atoms with Crippen LogP contribution in [0.3, 0.4) is 0 Å². The lowest BCUT2D eigenvalue weighted by molar-refractivity contribution is -0.144. The van der Waals surface area contributed by atoms with Gasteiger partial charge in [-0.15, -0.1) is 0 Å². The van der Waals surface area contributed by atoms with Crippen molar-refractivity contribution in [2.45, 2.75) is 133 Å². The summed E-state index contributed by atoms with van der Waals surface area (Å²) < 4.78 is 105. The van der Waals surface area contributed by atoms with Gasteiger partial charge in [-0.3, -0.25) is 19.1 Å². The minimum absolute atomic E-state index is 0.0648. The Morgan fingerprint density at radius 1 is 1.13 bits per heavy atom. The molecular formula is C40H52F4N6O9S. The molecule has 0 radical (unpaired) electrons. The van der Waals surface area contributed by atoms with E-state index in [1.165, 1.54) is 26.2 Å². The van der Waals surface area contributed by atoms with Crippen molar-refractivity contribution in [2.24, 2.45) is 28.2 Å². The standard InChI is InChI=1S/C40H52F4N6O9S/c1-7-22-27-19-50(28(22)32(51)48-39(18-23(39)31(41)42)35(53)49-60(55,56)38(5)14-15-38)34(52)30(37(2,3)4)47-36(54)59-26-16-20(26)10-8-9-13-40(43,44)29-33(58-27)46-25-17-21(57-6)11-12-24(25)45-29/h9,11-13,17,20,22-23,26-28,30-31,33,46H,7-8,10,14-16,18-19H2,1-6H3,(H,47,54)(H,48,51)(H,49,53)/b13-9+/t20-,22-,23+,26-,27+,28+,30-,33?,39-/m1/s1. The zero-order chi connectivity index (χ0) is 43.7. The fourth-order valence-electron chi connectivity index (χ4n) is 8.37. The number of benzene rings is 1. The number of rotatable bonds is 8. The predicted molar refractivity (Wildman–Crippen MR) is 209 cm³/mol. The molecule has 20 heteroatoms. The fourth-order valence-corrected chi connectivity index (χ4v) is 9.69. The largest absolute Gasteiger partial charge is 0.497 e. The van der Waals surface area contributed by atoms with Crippen LogP contribution in [0.4, 0.5) is 33.7 Å². The van der Waals surface area contributed by atoms with Gasteiger partial charge >= 0.3 is 12.0 Å². The molecule has 3 heterocycles. The lowest BCUT2D eigenvalue weighted by atomic mass is 9.85. The second-order valence-corrected chi connectivity index (χ2v) is 20.3. The topological polar surface area (TPSA) is 194 Å². The Morgan fingerprint density at radius 2 is 1.85 bits per heavy atom. The summed E-state index contributed by atoms with van der Waals surface area (Å²) >= 11 is 0. The molecule has 60 heavy (non-hydrogen) atoms. The Labute approximate surface area is 345 Å². The highest BCUT2D eigenvalue weighted by molar-refractivity contribution is 7.91. The molecule has 330 valence electrons. The van der Waals surface area contributed by atoms with Crippen LogP contribution in [-0.2, 0) is 33.9 Å². The number of alkyl carbamates (subject to hydrolysis) is 1. The number of alkyl halides is 4. The Hall–Kier alpha value is -4.46. The molecule has 9 atom stereocenters. The Morgan fingerprint density at radius 3 is 2.47 bits per heavy atom. The van der Waals surface area contributed by atoms with Crippen LogP contribution in [-0.4, -0.2) is 110 Å². The number of nitrogens with zero attached hydrogens (tertiary/aromatic N) is 2. The molecule has 2 bridgehead atoms. The van der Waals surface area contributed by atoms with Crippen molar-refractivity contribution >= 4 is 50.9 Å². The first kappa shape index (κ1) is 43.6. The van der Waals surface area contributed by atoms with Gasteiger partial charge in [0.2, 0.25) is 28.3 Å². The number of halogens is 4. The monoisotopic (exact) mass is 868 g/mol. The SMILES string of the molecule is CC[C@@H]1[C@@H]2CN(C(=O)[C@H](C(C)(C)C)NC(=O)O[C@@H]3C[C@H]3CC/C=C/C(F)(F)C3=Nc4ccc(OC)cc4NC3O2)[C@@H]1C(=O)N[C@]1(C(=O)NS(=O)(=O)C2(C)CC2)C[C@H]1C(F)F. The van der Waals surface area contributed by atoms with E-state index in [0.29, 0.717) is 24.3 Å². The highest BCUT2D eigenvalue weighted by atomic mass is 32.2. The van der Waals surface area contributed by atoms with Gasteiger partial charge in [-0.05, 0) is 81.4 Å². The maximum atomic E-state index is 16.3. The summed E-state index contributed by atoms with van der Waals surface area (Å²) in [4.78, 5) is 61.9. The van der Waals surface area contributed by atoms with Gasteiger partial charge < -0.3 is 35.1 Å². The molecule has 6 aliphatic rings. The second kappa shape index (κ2) is 15.5. The summed E-state index contributed by atoms with van der Waals surface area (Å²) in [5.41, 5.74) is -3.59. The van der Waals surface area contributed by atoms with Crippen molar-refractivity contribution in [2.75, 3.05) is 19.0 Å². The number of sulfonamides is 1. The average Bonchev–Trinajstić information content (AvgIpc) is 4.12. The normalized spacial score (nSPS) is 33.8. The smallest absolute Gasteiger partial charge is 0.408 e. The quantitative estimate of drug-likeness (QED) is 0.209. The van der Waals surface area contributed by atoms with Crippen LogP contribution in [0.2, 0.25) is 0 Å². The van der Waals surface area contributed by atoms with Crippen LogP contribution in [0, 0.1) is 23.2 Å². The van der Waals surface area contributed by atoms with E-state index in [-0.39, 0.29) is 37.3 Å². The first-order chi connectivity index (χ1) is 28.0. The maximum Gasteiger partial charge on any atom is 0.408 e. The first-order valence-corrected chi connectivity index (χ1v) is 21.7. The van der Waals surface area contributed by atoms with Crippen LogP contribution in [0.25, 0.3) is 0 Å². The average molecular weight is 869 g/mol. The number of amides is 4. The second-order valence-electron chi connectivity index (χ2n) is 18.1. The Kier molecular flexibility index (Phi) is 11.2. The van der Waals surface area contributed by atoms with Crippen LogP contribution >= 0.6 is 0 Å². The minimum atomic E-state index is -4.31. The third kappa shape index (κ3) is 8.29. The zero-order valence-corrected chi connectivity index (χ0v) is 35.0. The van der Waals surface area contributed by atoms with Crippen LogP contribution in [0.5, 0.6) is 5.75 Å². The number of allylic oxidation sites excluding steroid dienone is 2. The molecule has 1 aromatic rings. The van der Waals surface area contributed by atoms with Crippen molar-refractivity contribution in [3.05, 3.63) is 30.4 Å². The van der Waals surface area contributed by atoms with Crippen molar-refractivity contribution in [1.82, 2.24) is 20.3 Å². The van der Waals surface area contributed by atoms with Crippen molar-refractivity contribution in [1.29, 1.82) is 0 Å². The van der Waals surface area contributed by atoms with Crippen LogP contribution < -0.4 is 25.4 Å². The number of nitrogens with one attached hydrogen (secondary N) is 4. The molecule has 3 saturated carbocycles. The summed E-state index contributed by atoms with van der Waals surface area (Å²) in [7, 11) is -2.88. The molecule has 4 amide bonds. The highest BCUT2D eigenvalue weighted by Gasteiger charge is 2.68. The van der Waals surface area contributed by atoms with Gasteiger partial charge in [-0.25, -0.2) is 27.0 Å². The summed E-state index contributed by atoms with van der Waals surface area (Å²) in [6, 6.07) is 1.69. The third-order valence-corrected chi connectivity index (χ3v) is 14.8. The zero-order valence-electron chi connectivity index (χ0n) is 34.2. The molecular weight excluding hydrogens is 817 g/mol. The third-order valence-electron chi connectivity index (χ3n) is 12.7. The molecule has 7 rings (SSSR count). The molecule has 1 aromatic carbocycles. The Balaban J connectivity index is 1.28. The number of carbonyl (C=O) groups excluding carboxylic acids is 4. The fraction of sp³-hybridized carbons (Fsp3) is 0.675. The van der Waals surface area contributed by atoms with Crippen molar-refractivity contribution in [3.63, 3.8) is 0 Å². The number of hydrogen-bond donors (Lipinski definition) is 4. The van der Waals surface area contributed by atoms with E-state index in [4.69, 9.17) is 14.2 Å². The molecule has 4 N–H and O–H groups in total. The van der Waals surface area contributed by atoms with Gasteiger partial charge in [0.15, 0.2) is 6.23 Å². The maximum absolute atomic E-state index is 16.3. The van der Waals surface area contributed by atoms with E-state index in [9.17, 15) is 36.4 Å². The van der Waals surface area contributed by atoms with Gasteiger partial charge in [-0.1, -0.05) is 33.8 Å². The lowest BCUT2D eigenvalue weighted by Crippen LogP contribution is -2.61. The summed E-state index contributed by atoms with van der Waals surface area (Å²) in [5, 5.41) is 8.05. The number of ether oxygens (including phenoxy) is 3. The van der Waals surface area contributed by atoms with E-state index in [2.05, 4.69) is 20.9 Å². The molecule has 1 unspecified atom stereocenters. The first-order valence-electron chi connectivity index (χ1n) is 20.2. The molecule has 0 spiro atoms. The lowest BCUT2D eigenvalue weighted by Gasteiger charge is -2.36. The number of methoxy groups -OCH3 is 1. The van der Waals surface area contributed by atoms with Gasteiger partial charge in [0.1, 0.15) is 35.2 Å². The molecule has 3 aliphatic heterocycles. The van der Waals surface area contributed by atoms with E-state index in [1.807, 2.05) is 4.72 Å². The van der Waals surface area contributed by atoms with Gasteiger partial charge in [0, 0.05) is 18.5 Å². The number of anilines is 1. The van der Waals surface area contributed by atoms with Crippen LogP contribution in [0.15, 0.2) is 35.3 Å². The highest BCUT2D eigenvalue weighted by Crippen LogP contribution is 2.50. The number of fused-ring (bicyclic) bond motifs is 5. The summed E-state index contributed by atoms with van der Waals surface area (Å²) in [5.74, 6) is -9.37.